The lowest BCUT2D eigenvalue weighted by atomic mass is 9.93. The van der Waals surface area contributed by atoms with E-state index in [0.29, 0.717) is 23.6 Å². The third-order valence-corrected chi connectivity index (χ3v) is 4.84. The van der Waals surface area contributed by atoms with E-state index in [9.17, 15) is 9.59 Å². The summed E-state index contributed by atoms with van der Waals surface area (Å²) in [5, 5.41) is 15.0. The molecular weight excluding hydrogens is 360 g/mol. The number of rotatable bonds is 4. The van der Waals surface area contributed by atoms with Crippen LogP contribution in [0, 0.1) is 0 Å². The van der Waals surface area contributed by atoms with E-state index in [0.717, 1.165) is 17.3 Å². The fourth-order valence-corrected chi connectivity index (χ4v) is 3.09. The lowest BCUT2D eigenvalue weighted by Crippen LogP contribution is -2.49. The number of carboxylic acid groups (broad SMARTS) is 1. The molecule has 1 aliphatic carbocycles. The van der Waals surface area contributed by atoms with Crippen molar-refractivity contribution in [3.8, 4) is 0 Å². The van der Waals surface area contributed by atoms with Gasteiger partial charge in [0.1, 0.15) is 0 Å². The van der Waals surface area contributed by atoms with Gasteiger partial charge >= 0.3 is 12.0 Å². The molecule has 2 rings (SSSR count). The summed E-state index contributed by atoms with van der Waals surface area (Å²) in [6.45, 7) is 0. The van der Waals surface area contributed by atoms with Gasteiger partial charge in [-0.1, -0.05) is 24.4 Å². The molecule has 0 saturated heterocycles. The SMILES string of the molecule is O=C(O)CC1(NC(=O)Nc2ccc(Br)c(Cl)c2)CCCC1. The van der Waals surface area contributed by atoms with Gasteiger partial charge in [-0.3, -0.25) is 4.79 Å². The molecule has 21 heavy (non-hydrogen) atoms. The normalized spacial score (nSPS) is 16.5. The molecule has 1 aromatic carbocycles. The molecule has 0 atom stereocenters. The zero-order valence-corrected chi connectivity index (χ0v) is 13.6. The summed E-state index contributed by atoms with van der Waals surface area (Å²) >= 11 is 9.24. The van der Waals surface area contributed by atoms with Gasteiger partial charge in [-0.2, -0.15) is 0 Å². The molecule has 0 unspecified atom stereocenters. The molecule has 0 radical (unpaired) electrons. The van der Waals surface area contributed by atoms with Crippen molar-refractivity contribution in [2.75, 3.05) is 5.32 Å². The summed E-state index contributed by atoms with van der Waals surface area (Å²) in [5.41, 5.74) is -0.0844. The Morgan fingerprint density at radius 1 is 1.33 bits per heavy atom. The van der Waals surface area contributed by atoms with Crippen LogP contribution in [0.3, 0.4) is 0 Å². The quantitative estimate of drug-likeness (QED) is 0.744. The minimum Gasteiger partial charge on any atom is -0.481 e. The van der Waals surface area contributed by atoms with Gasteiger partial charge < -0.3 is 15.7 Å². The molecule has 7 heteroatoms. The first-order valence-electron chi connectivity index (χ1n) is 6.66. The maximum absolute atomic E-state index is 12.1. The Hall–Kier alpha value is -1.27. The Morgan fingerprint density at radius 2 is 2.00 bits per heavy atom. The first-order chi connectivity index (χ1) is 9.90. The van der Waals surface area contributed by atoms with Gasteiger partial charge in [0.2, 0.25) is 0 Å². The van der Waals surface area contributed by atoms with Crippen LogP contribution in [0.5, 0.6) is 0 Å². The summed E-state index contributed by atoms with van der Waals surface area (Å²) in [6, 6.07) is 4.68. The maximum Gasteiger partial charge on any atom is 0.319 e. The molecule has 5 nitrogen and oxygen atoms in total. The van der Waals surface area contributed by atoms with Crippen molar-refractivity contribution in [2.45, 2.75) is 37.6 Å². The second-order valence-corrected chi connectivity index (χ2v) is 6.53. The van der Waals surface area contributed by atoms with E-state index in [1.165, 1.54) is 0 Å². The molecule has 114 valence electrons. The van der Waals surface area contributed by atoms with Crippen molar-refractivity contribution in [3.63, 3.8) is 0 Å². The summed E-state index contributed by atoms with van der Waals surface area (Å²) < 4.78 is 0.744. The van der Waals surface area contributed by atoms with E-state index in [1.54, 1.807) is 18.2 Å². The number of urea groups is 1. The fraction of sp³-hybridized carbons (Fsp3) is 0.429. The molecule has 2 amide bonds. The Kier molecular flexibility index (Phi) is 5.11. The number of halogens is 2. The van der Waals surface area contributed by atoms with Gasteiger partial charge in [0, 0.05) is 10.2 Å². The highest BCUT2D eigenvalue weighted by molar-refractivity contribution is 9.10. The van der Waals surface area contributed by atoms with Crippen LogP contribution in [0.25, 0.3) is 0 Å². The van der Waals surface area contributed by atoms with Gasteiger partial charge in [0.05, 0.1) is 17.0 Å². The molecule has 1 saturated carbocycles. The minimum absolute atomic E-state index is 0.0541. The van der Waals surface area contributed by atoms with E-state index in [1.807, 2.05) is 0 Å². The summed E-state index contributed by atoms with van der Waals surface area (Å²) in [5.74, 6) is -0.899. The molecule has 0 bridgehead atoms. The molecule has 0 aliphatic heterocycles. The number of nitrogens with one attached hydrogen (secondary N) is 2. The van der Waals surface area contributed by atoms with Gasteiger partial charge in [-0.05, 0) is 47.0 Å². The van der Waals surface area contributed by atoms with E-state index >= 15 is 0 Å². The van der Waals surface area contributed by atoms with E-state index in [4.69, 9.17) is 16.7 Å². The Balaban J connectivity index is 2.02. The lowest BCUT2D eigenvalue weighted by molar-refractivity contribution is -0.138. The topological polar surface area (TPSA) is 78.4 Å². The van der Waals surface area contributed by atoms with Crippen LogP contribution in [-0.4, -0.2) is 22.6 Å². The predicted molar refractivity (Wildman–Crippen MR) is 84.8 cm³/mol. The Morgan fingerprint density at radius 3 is 2.57 bits per heavy atom. The Bertz CT molecular complexity index is 559. The van der Waals surface area contributed by atoms with Crippen LogP contribution < -0.4 is 10.6 Å². The molecule has 0 heterocycles. The Labute approximate surface area is 136 Å². The van der Waals surface area contributed by atoms with Gasteiger partial charge in [0.15, 0.2) is 0 Å². The first kappa shape index (κ1) is 16.1. The number of anilines is 1. The van der Waals surface area contributed by atoms with Gasteiger partial charge in [0.25, 0.3) is 0 Å². The van der Waals surface area contributed by atoms with Crippen LogP contribution in [0.15, 0.2) is 22.7 Å². The van der Waals surface area contributed by atoms with E-state index in [2.05, 4.69) is 26.6 Å². The number of benzene rings is 1. The third-order valence-electron chi connectivity index (χ3n) is 3.61. The van der Waals surface area contributed by atoms with Crippen molar-refractivity contribution >= 4 is 45.2 Å². The van der Waals surface area contributed by atoms with Crippen LogP contribution in [0.1, 0.15) is 32.1 Å². The number of carbonyl (C=O) groups excluding carboxylic acids is 1. The average molecular weight is 376 g/mol. The highest BCUT2D eigenvalue weighted by Crippen LogP contribution is 2.33. The van der Waals surface area contributed by atoms with Crippen LogP contribution in [0.2, 0.25) is 5.02 Å². The van der Waals surface area contributed by atoms with Crippen molar-refractivity contribution < 1.29 is 14.7 Å². The van der Waals surface area contributed by atoms with Gasteiger partial charge in [-0.15, -0.1) is 0 Å². The number of carbonyl (C=O) groups is 2. The number of aliphatic carboxylic acids is 1. The van der Waals surface area contributed by atoms with E-state index < -0.39 is 17.5 Å². The van der Waals surface area contributed by atoms with Crippen molar-refractivity contribution in [3.05, 3.63) is 27.7 Å². The highest BCUT2D eigenvalue weighted by atomic mass is 79.9. The zero-order valence-electron chi connectivity index (χ0n) is 11.3. The summed E-state index contributed by atoms with van der Waals surface area (Å²) in [4.78, 5) is 23.1. The number of hydrogen-bond donors (Lipinski definition) is 3. The van der Waals surface area contributed by atoms with Crippen LogP contribution in [-0.2, 0) is 4.79 Å². The molecule has 3 N–H and O–H groups in total. The number of amides is 2. The maximum atomic E-state index is 12.1. The second kappa shape index (κ2) is 6.66. The molecule has 0 spiro atoms. The third kappa shape index (κ3) is 4.35. The monoisotopic (exact) mass is 374 g/mol. The van der Waals surface area contributed by atoms with Crippen molar-refractivity contribution in [2.24, 2.45) is 0 Å². The van der Waals surface area contributed by atoms with E-state index in [-0.39, 0.29) is 6.42 Å². The molecule has 1 fully saturated rings. The predicted octanol–water partition coefficient (Wildman–Crippen LogP) is 4.01. The minimum atomic E-state index is -0.899. The standard InChI is InChI=1S/C14H16BrClN2O3/c15-10-4-3-9(7-11(10)16)17-13(21)18-14(8-12(19)20)5-1-2-6-14/h3-4,7H,1-2,5-6,8H2,(H,19,20)(H2,17,18,21). The smallest absolute Gasteiger partial charge is 0.319 e. The summed E-state index contributed by atoms with van der Waals surface area (Å²) in [7, 11) is 0. The van der Waals surface area contributed by atoms with Gasteiger partial charge in [-0.25, -0.2) is 4.79 Å². The lowest BCUT2D eigenvalue weighted by Gasteiger charge is -2.28. The second-order valence-electron chi connectivity index (χ2n) is 5.27. The average Bonchev–Trinajstić information content (AvgIpc) is 2.80. The van der Waals surface area contributed by atoms with Crippen LogP contribution >= 0.6 is 27.5 Å². The number of hydrogen-bond acceptors (Lipinski definition) is 2. The van der Waals surface area contributed by atoms with Crippen LogP contribution in [0.4, 0.5) is 10.5 Å². The zero-order chi connectivity index (χ0) is 15.5. The van der Waals surface area contributed by atoms with Crippen molar-refractivity contribution in [1.82, 2.24) is 5.32 Å². The largest absolute Gasteiger partial charge is 0.481 e. The van der Waals surface area contributed by atoms with Crippen molar-refractivity contribution in [1.29, 1.82) is 0 Å². The molecule has 1 aromatic rings. The molecule has 1 aliphatic rings. The number of carboxylic acids is 1. The fourth-order valence-electron chi connectivity index (χ4n) is 2.66. The highest BCUT2D eigenvalue weighted by Gasteiger charge is 2.37. The molecule has 0 aromatic heterocycles. The molecular formula is C14H16BrClN2O3. The summed E-state index contributed by atoms with van der Waals surface area (Å²) in [6.07, 6.45) is 3.18. The first-order valence-corrected chi connectivity index (χ1v) is 7.83.